The van der Waals surface area contributed by atoms with Crippen LogP contribution in [-0.4, -0.2) is 36.0 Å². The predicted octanol–water partition coefficient (Wildman–Crippen LogP) is 5.77. The zero-order valence-electron chi connectivity index (χ0n) is 21.1. The minimum Gasteiger partial charge on any atom is -0.496 e. The average Bonchev–Trinajstić information content (AvgIpc) is 2.96. The molecule has 2 amide bonds. The van der Waals surface area contributed by atoms with E-state index in [9.17, 15) is 19.7 Å². The molecule has 0 aliphatic carbocycles. The van der Waals surface area contributed by atoms with Crippen molar-refractivity contribution < 1.29 is 28.7 Å². The first-order valence-corrected chi connectivity index (χ1v) is 12.5. The lowest BCUT2D eigenvalue weighted by Crippen LogP contribution is -2.22. The number of hydrogen-bond acceptors (Lipinski definition) is 6. The summed E-state index contributed by atoms with van der Waals surface area (Å²) in [6.07, 6.45) is 0. The predicted molar refractivity (Wildman–Crippen MR) is 152 cm³/mol. The molecule has 5 rings (SSSR count). The minimum atomic E-state index is -0.621. The van der Waals surface area contributed by atoms with E-state index < -0.39 is 11.8 Å². The lowest BCUT2D eigenvalue weighted by atomic mass is 10.1. The number of nitrogens with one attached hydrogen (secondary N) is 2. The number of carbonyl (C=O) groups is 2. The van der Waals surface area contributed by atoms with E-state index >= 15 is 0 Å². The largest absolute Gasteiger partial charge is 0.496 e. The van der Waals surface area contributed by atoms with E-state index in [1.807, 2.05) is 0 Å². The number of para-hydroxylation sites is 2. The minimum absolute atomic E-state index is 0.0212. The molecule has 0 saturated heterocycles. The molecule has 5 aromatic rings. The molecule has 0 aliphatic heterocycles. The number of benzene rings is 4. The molecule has 0 spiro atoms. The number of amides is 2. The van der Waals surface area contributed by atoms with Crippen LogP contribution in [0.15, 0.2) is 72.8 Å². The Morgan fingerprint density at radius 1 is 0.750 bits per heavy atom. The van der Waals surface area contributed by atoms with Crippen molar-refractivity contribution in [3.05, 3.63) is 98.9 Å². The fraction of sp³-hybridized carbons (Fsp3) is 0.0714. The van der Waals surface area contributed by atoms with Gasteiger partial charge in [0.15, 0.2) is 11.0 Å². The fourth-order valence-electron chi connectivity index (χ4n) is 4.29. The van der Waals surface area contributed by atoms with E-state index in [4.69, 9.17) is 32.7 Å². The lowest BCUT2D eigenvalue weighted by molar-refractivity contribution is -0.433. The van der Waals surface area contributed by atoms with Crippen LogP contribution in [0.25, 0.3) is 22.1 Å². The molecule has 0 radical (unpaired) electrons. The van der Waals surface area contributed by atoms with Crippen LogP contribution in [0.2, 0.25) is 10.0 Å². The van der Waals surface area contributed by atoms with Gasteiger partial charge in [0, 0.05) is 27.1 Å². The van der Waals surface area contributed by atoms with Crippen LogP contribution < -0.4 is 24.5 Å². The van der Waals surface area contributed by atoms with Gasteiger partial charge >= 0.3 is 0 Å². The Morgan fingerprint density at radius 2 is 1.27 bits per heavy atom. The summed E-state index contributed by atoms with van der Waals surface area (Å²) in [5, 5.41) is 17.0. The van der Waals surface area contributed by atoms with Crippen molar-refractivity contribution in [1.82, 2.24) is 4.73 Å². The number of carbonyl (C=O) groups excluding carboxylic acids is 2. The molecule has 0 bridgehead atoms. The third-order valence-electron chi connectivity index (χ3n) is 6.20. The smallest absolute Gasteiger partial charge is 0.292 e. The summed E-state index contributed by atoms with van der Waals surface area (Å²) in [5.41, 5.74) is 0.896. The molecule has 0 aliphatic rings. The third kappa shape index (κ3) is 4.86. The second-order valence-electron chi connectivity index (χ2n) is 8.58. The van der Waals surface area contributed by atoms with Crippen LogP contribution in [0.4, 0.5) is 11.4 Å². The van der Waals surface area contributed by atoms with E-state index in [1.54, 1.807) is 42.5 Å². The van der Waals surface area contributed by atoms with Gasteiger partial charge in [-0.05, 0) is 48.5 Å². The number of halogens is 2. The number of rotatable bonds is 6. The van der Waals surface area contributed by atoms with Crippen molar-refractivity contribution >= 4 is 68.5 Å². The molecule has 0 saturated carbocycles. The van der Waals surface area contributed by atoms with Crippen LogP contribution in [0, 0.1) is 4.91 Å². The Labute approximate surface area is 236 Å². The maximum Gasteiger partial charge on any atom is 0.292 e. The zero-order valence-corrected chi connectivity index (χ0v) is 22.6. The van der Waals surface area contributed by atoms with E-state index in [1.165, 1.54) is 44.6 Å². The summed E-state index contributed by atoms with van der Waals surface area (Å²) >= 11 is 12.2. The normalized spacial score (nSPS) is 10.9. The number of methoxy groups -OCH3 is 2. The average molecular weight is 580 g/mol. The van der Waals surface area contributed by atoms with Gasteiger partial charge in [0.05, 0.1) is 41.1 Å². The van der Waals surface area contributed by atoms with Crippen LogP contribution in [-0.2, 0) is 0 Å². The highest BCUT2D eigenvalue weighted by Gasteiger charge is 2.24. The molecule has 0 fully saturated rings. The van der Waals surface area contributed by atoms with Crippen LogP contribution in [0.3, 0.4) is 0 Å². The van der Waals surface area contributed by atoms with Crippen LogP contribution in [0.1, 0.15) is 20.7 Å². The SMILES string of the molecule is COc1ccc(Cl)cc1C(=O)Nc1cc2c(cc1NC(=O)c1cc(Cl)ccc1OC)[n+](=O)c1ccccc1n2O. The van der Waals surface area contributed by atoms with Gasteiger partial charge < -0.3 is 25.3 Å². The molecular weight excluding hydrogens is 559 g/mol. The Hall–Kier alpha value is -4.80. The number of ether oxygens (including phenoxy) is 2. The second kappa shape index (κ2) is 10.8. The van der Waals surface area contributed by atoms with Crippen molar-refractivity contribution in [2.75, 3.05) is 24.9 Å². The maximum absolute atomic E-state index is 13.4. The van der Waals surface area contributed by atoms with Crippen molar-refractivity contribution in [3.63, 3.8) is 0 Å². The second-order valence-corrected chi connectivity index (χ2v) is 9.45. The van der Waals surface area contributed by atoms with E-state index in [0.29, 0.717) is 14.5 Å². The van der Waals surface area contributed by atoms with Gasteiger partial charge in [-0.2, -0.15) is 4.73 Å². The zero-order chi connectivity index (χ0) is 28.6. The molecule has 1 aromatic heterocycles. The molecule has 10 nitrogen and oxygen atoms in total. The standard InChI is InChI=1S/C28H20Cl2N4O6/c1-39-25-9-7-15(29)11-17(25)27(35)31-19-13-23-24(34(38)22-6-4-3-5-21(22)33(23)37)14-20(19)32-28(36)18-12-16(30)8-10-26(18)40-2/h3-14,37H,1-2H3,(H-,31,32,35,36,38)/p+1. The fourth-order valence-corrected chi connectivity index (χ4v) is 4.63. The van der Waals surface area contributed by atoms with Gasteiger partial charge in [0.2, 0.25) is 0 Å². The Morgan fingerprint density at radius 3 is 1.82 bits per heavy atom. The van der Waals surface area contributed by atoms with Gasteiger partial charge in [-0.15, -0.1) is 0 Å². The van der Waals surface area contributed by atoms with Crippen molar-refractivity contribution in [1.29, 1.82) is 0 Å². The number of aromatic nitrogens is 2. The summed E-state index contributed by atoms with van der Waals surface area (Å²) in [6.45, 7) is 0. The van der Waals surface area contributed by atoms with Crippen molar-refractivity contribution in [3.8, 4) is 11.5 Å². The van der Waals surface area contributed by atoms with Crippen LogP contribution in [0.5, 0.6) is 11.5 Å². The lowest BCUT2D eigenvalue weighted by Gasteiger charge is -2.15. The van der Waals surface area contributed by atoms with Gasteiger partial charge in [0.25, 0.3) is 22.8 Å². The van der Waals surface area contributed by atoms with Crippen molar-refractivity contribution in [2.24, 2.45) is 0 Å². The van der Waals surface area contributed by atoms with Gasteiger partial charge in [-0.1, -0.05) is 35.3 Å². The van der Waals surface area contributed by atoms with Crippen LogP contribution >= 0.6 is 23.2 Å². The number of fused-ring (bicyclic) bond motifs is 2. The summed E-state index contributed by atoms with van der Waals surface area (Å²) in [6, 6.07) is 18.2. The van der Waals surface area contributed by atoms with Gasteiger partial charge in [0.1, 0.15) is 11.5 Å². The van der Waals surface area contributed by atoms with E-state index in [-0.39, 0.29) is 56.1 Å². The molecule has 12 heteroatoms. The molecule has 202 valence electrons. The maximum atomic E-state index is 13.4. The molecular formula is C28H21Cl2N4O6+. The molecule has 4 aromatic carbocycles. The number of nitrogens with zero attached hydrogens (tertiary/aromatic N) is 2. The summed E-state index contributed by atoms with van der Waals surface area (Å²) in [5.74, 6) is -0.716. The quantitative estimate of drug-likeness (QED) is 0.133. The number of hydrogen-bond donors (Lipinski definition) is 3. The Balaban J connectivity index is 1.69. The Bertz CT molecular complexity index is 1890. The van der Waals surface area contributed by atoms with Gasteiger partial charge in [-0.3, -0.25) is 9.59 Å². The third-order valence-corrected chi connectivity index (χ3v) is 6.67. The summed E-state index contributed by atoms with van der Waals surface area (Å²) < 4.78 is 12.1. The van der Waals surface area contributed by atoms with E-state index in [2.05, 4.69) is 10.6 Å². The molecule has 40 heavy (non-hydrogen) atoms. The topological polar surface area (TPSA) is 125 Å². The highest BCUT2D eigenvalue weighted by atomic mass is 35.5. The first-order chi connectivity index (χ1) is 19.2. The first-order valence-electron chi connectivity index (χ1n) is 11.7. The molecule has 3 N–H and O–H groups in total. The van der Waals surface area contributed by atoms with Crippen molar-refractivity contribution in [2.45, 2.75) is 0 Å². The Kier molecular flexibility index (Phi) is 7.20. The summed E-state index contributed by atoms with van der Waals surface area (Å²) in [4.78, 5) is 40.0. The monoisotopic (exact) mass is 579 g/mol. The highest BCUT2D eigenvalue weighted by molar-refractivity contribution is 6.31. The number of anilines is 2. The molecule has 1 heterocycles. The molecule has 0 unspecified atom stereocenters. The highest BCUT2D eigenvalue weighted by Crippen LogP contribution is 2.32. The molecule has 0 atom stereocenters. The van der Waals surface area contributed by atoms with Gasteiger partial charge in [-0.25, -0.2) is 0 Å². The first kappa shape index (κ1) is 26.8. The summed E-state index contributed by atoms with van der Waals surface area (Å²) in [7, 11) is 2.82. The van der Waals surface area contributed by atoms with E-state index in [0.717, 1.165) is 4.73 Å².